The lowest BCUT2D eigenvalue weighted by Crippen LogP contribution is -2.46. The molecule has 7 nitrogen and oxygen atoms in total. The second kappa shape index (κ2) is 7.66. The van der Waals surface area contributed by atoms with Crippen molar-refractivity contribution in [1.29, 1.82) is 0 Å². The molecule has 28 heavy (non-hydrogen) atoms. The zero-order chi connectivity index (χ0) is 20.6. The molecular weight excluding hydrogens is 376 g/mol. The van der Waals surface area contributed by atoms with Crippen molar-refractivity contribution in [2.45, 2.75) is 44.6 Å². The molecular formula is C20H28N4O3S. The van der Waals surface area contributed by atoms with Gasteiger partial charge >= 0.3 is 0 Å². The van der Waals surface area contributed by atoms with E-state index < -0.39 is 9.84 Å². The molecule has 0 spiro atoms. The first kappa shape index (κ1) is 20.5. The number of aromatic nitrogens is 2. The summed E-state index contributed by atoms with van der Waals surface area (Å²) in [5.74, 6) is 0.625. The van der Waals surface area contributed by atoms with Crippen LogP contribution in [-0.2, 0) is 14.6 Å². The number of benzene rings is 1. The fraction of sp³-hybridized carbons (Fsp3) is 0.550. The maximum atomic E-state index is 12.7. The maximum Gasteiger partial charge on any atom is 0.227 e. The van der Waals surface area contributed by atoms with Crippen molar-refractivity contribution < 1.29 is 13.2 Å². The lowest BCUT2D eigenvalue weighted by molar-refractivity contribution is -0.135. The maximum absolute atomic E-state index is 12.7. The minimum atomic E-state index is -3.31. The van der Waals surface area contributed by atoms with Gasteiger partial charge in [-0.1, -0.05) is 0 Å². The Morgan fingerprint density at radius 2 is 2.00 bits per heavy atom. The Bertz CT molecular complexity index is 1000. The zero-order valence-corrected chi connectivity index (χ0v) is 18.0. The standard InChI is InChI=1S/C20H28N4O3S/c1-13(2)23(4)19(25)15-7-6-10-24(12-15)20-21-14(3)17-9-8-16(28(5,26)27)11-18(17)22-20/h8-9,11,13,15H,6-7,10,12H2,1-5H3. The molecule has 1 unspecified atom stereocenters. The Hall–Kier alpha value is -2.22. The van der Waals surface area contributed by atoms with E-state index in [2.05, 4.69) is 9.97 Å². The summed E-state index contributed by atoms with van der Waals surface area (Å²) in [5, 5.41) is 0.834. The molecule has 0 radical (unpaired) electrons. The predicted molar refractivity (Wildman–Crippen MR) is 110 cm³/mol. The number of hydrogen-bond donors (Lipinski definition) is 0. The quantitative estimate of drug-likeness (QED) is 0.778. The van der Waals surface area contributed by atoms with Gasteiger partial charge in [0.15, 0.2) is 9.84 Å². The summed E-state index contributed by atoms with van der Waals surface area (Å²) >= 11 is 0. The molecule has 1 aliphatic heterocycles. The summed E-state index contributed by atoms with van der Waals surface area (Å²) in [7, 11) is -1.46. The predicted octanol–water partition coefficient (Wildman–Crippen LogP) is 2.42. The van der Waals surface area contributed by atoms with Crippen LogP contribution in [0.3, 0.4) is 0 Å². The van der Waals surface area contributed by atoms with Crippen LogP contribution in [0.4, 0.5) is 5.95 Å². The first-order valence-electron chi connectivity index (χ1n) is 9.58. The number of aryl methyl sites for hydroxylation is 1. The third-order valence-corrected chi connectivity index (χ3v) is 6.56. The SMILES string of the molecule is Cc1nc(N2CCCC(C(=O)N(C)C(C)C)C2)nc2cc(S(C)(=O)=O)ccc12. The topological polar surface area (TPSA) is 83.5 Å². The zero-order valence-electron chi connectivity index (χ0n) is 17.1. The van der Waals surface area contributed by atoms with Gasteiger partial charge in [0.25, 0.3) is 0 Å². The van der Waals surface area contributed by atoms with Crippen LogP contribution >= 0.6 is 0 Å². The highest BCUT2D eigenvalue weighted by molar-refractivity contribution is 7.90. The Morgan fingerprint density at radius 1 is 1.29 bits per heavy atom. The molecule has 1 aliphatic rings. The Morgan fingerprint density at radius 3 is 2.64 bits per heavy atom. The van der Waals surface area contributed by atoms with Crippen LogP contribution in [0.25, 0.3) is 10.9 Å². The van der Waals surface area contributed by atoms with E-state index in [4.69, 9.17) is 0 Å². The average molecular weight is 405 g/mol. The van der Waals surface area contributed by atoms with Crippen LogP contribution in [-0.4, -0.2) is 61.6 Å². The van der Waals surface area contributed by atoms with Crippen molar-refractivity contribution in [3.8, 4) is 0 Å². The molecule has 1 atom stereocenters. The van der Waals surface area contributed by atoms with E-state index in [0.717, 1.165) is 30.5 Å². The van der Waals surface area contributed by atoms with Crippen LogP contribution in [0, 0.1) is 12.8 Å². The third-order valence-electron chi connectivity index (χ3n) is 5.45. The van der Waals surface area contributed by atoms with Gasteiger partial charge in [-0.05, 0) is 51.8 Å². The van der Waals surface area contributed by atoms with Crippen molar-refractivity contribution in [3.63, 3.8) is 0 Å². The molecule has 2 aromatic rings. The van der Waals surface area contributed by atoms with Gasteiger partial charge in [0, 0.05) is 37.8 Å². The lowest BCUT2D eigenvalue weighted by Gasteiger charge is -2.35. The van der Waals surface area contributed by atoms with E-state index in [9.17, 15) is 13.2 Å². The highest BCUT2D eigenvalue weighted by atomic mass is 32.2. The number of fused-ring (bicyclic) bond motifs is 1. The van der Waals surface area contributed by atoms with Crippen LogP contribution in [0.2, 0.25) is 0 Å². The molecule has 1 aromatic heterocycles. The van der Waals surface area contributed by atoms with Gasteiger partial charge in [-0.15, -0.1) is 0 Å². The molecule has 0 aliphatic carbocycles. The molecule has 1 saturated heterocycles. The summed E-state index contributed by atoms with van der Waals surface area (Å²) < 4.78 is 23.8. The summed E-state index contributed by atoms with van der Waals surface area (Å²) in [4.78, 5) is 26.1. The first-order chi connectivity index (χ1) is 13.1. The van der Waals surface area contributed by atoms with Gasteiger partial charge in [-0.3, -0.25) is 4.79 Å². The molecule has 1 fully saturated rings. The molecule has 8 heteroatoms. The van der Waals surface area contributed by atoms with Gasteiger partial charge in [0.1, 0.15) is 0 Å². The number of nitrogens with zero attached hydrogens (tertiary/aromatic N) is 4. The van der Waals surface area contributed by atoms with E-state index in [1.165, 1.54) is 6.26 Å². The van der Waals surface area contributed by atoms with Crippen molar-refractivity contribution >= 4 is 32.6 Å². The van der Waals surface area contributed by atoms with Gasteiger partial charge in [-0.2, -0.15) is 0 Å². The van der Waals surface area contributed by atoms with Crippen LogP contribution in [0.5, 0.6) is 0 Å². The third kappa shape index (κ3) is 4.11. The van der Waals surface area contributed by atoms with Crippen LogP contribution in [0.15, 0.2) is 23.1 Å². The number of sulfone groups is 1. The van der Waals surface area contributed by atoms with Crippen molar-refractivity contribution in [2.24, 2.45) is 5.92 Å². The normalized spacial score (nSPS) is 17.9. The first-order valence-corrected chi connectivity index (χ1v) is 11.5. The van der Waals surface area contributed by atoms with E-state index >= 15 is 0 Å². The van der Waals surface area contributed by atoms with E-state index in [1.54, 1.807) is 23.1 Å². The van der Waals surface area contributed by atoms with Crippen LogP contribution < -0.4 is 4.90 Å². The number of rotatable bonds is 4. The number of anilines is 1. The molecule has 0 bridgehead atoms. The molecule has 2 heterocycles. The average Bonchev–Trinajstić information content (AvgIpc) is 2.65. The molecule has 1 amide bonds. The van der Waals surface area contributed by atoms with Gasteiger partial charge in [-0.25, -0.2) is 18.4 Å². The van der Waals surface area contributed by atoms with Crippen molar-refractivity contribution in [2.75, 3.05) is 31.3 Å². The Labute approximate surface area is 166 Å². The van der Waals surface area contributed by atoms with E-state index in [1.807, 2.05) is 32.7 Å². The number of hydrogen-bond acceptors (Lipinski definition) is 6. The molecule has 0 saturated carbocycles. The van der Waals surface area contributed by atoms with Gasteiger partial charge in [0.05, 0.1) is 22.0 Å². The number of piperidine rings is 1. The monoisotopic (exact) mass is 404 g/mol. The second-order valence-corrected chi connectivity index (χ2v) is 9.90. The summed E-state index contributed by atoms with van der Waals surface area (Å²) in [6.45, 7) is 7.27. The molecule has 1 aromatic carbocycles. The van der Waals surface area contributed by atoms with Crippen molar-refractivity contribution in [3.05, 3.63) is 23.9 Å². The smallest absolute Gasteiger partial charge is 0.227 e. The largest absolute Gasteiger partial charge is 0.343 e. The number of carbonyl (C=O) groups is 1. The summed E-state index contributed by atoms with van der Waals surface area (Å²) in [6, 6.07) is 5.11. The van der Waals surface area contributed by atoms with E-state index in [-0.39, 0.29) is 22.8 Å². The molecule has 152 valence electrons. The highest BCUT2D eigenvalue weighted by Gasteiger charge is 2.30. The lowest BCUT2D eigenvalue weighted by atomic mass is 9.96. The minimum Gasteiger partial charge on any atom is -0.343 e. The van der Waals surface area contributed by atoms with Gasteiger partial charge in [0.2, 0.25) is 11.9 Å². The summed E-state index contributed by atoms with van der Waals surface area (Å²) in [5.41, 5.74) is 1.41. The fourth-order valence-corrected chi connectivity index (χ4v) is 4.17. The highest BCUT2D eigenvalue weighted by Crippen LogP contribution is 2.26. The minimum absolute atomic E-state index is 0.0805. The number of amides is 1. The molecule has 0 N–H and O–H groups in total. The molecule has 3 rings (SSSR count). The number of carbonyl (C=O) groups excluding carboxylic acids is 1. The summed E-state index contributed by atoms with van der Waals surface area (Å²) in [6.07, 6.45) is 2.94. The van der Waals surface area contributed by atoms with Crippen LogP contribution in [0.1, 0.15) is 32.4 Å². The second-order valence-electron chi connectivity index (χ2n) is 7.89. The Kier molecular flexibility index (Phi) is 5.61. The fourth-order valence-electron chi connectivity index (χ4n) is 3.53. The van der Waals surface area contributed by atoms with E-state index in [0.29, 0.717) is 18.0 Å². The van der Waals surface area contributed by atoms with Crippen molar-refractivity contribution in [1.82, 2.24) is 14.9 Å². The Balaban J connectivity index is 1.93. The van der Waals surface area contributed by atoms with Gasteiger partial charge < -0.3 is 9.80 Å².